The van der Waals surface area contributed by atoms with Crippen molar-refractivity contribution in [1.82, 2.24) is 4.90 Å². The lowest BCUT2D eigenvalue weighted by Gasteiger charge is -2.36. The number of piperazine rings is 1. The first-order valence-electron chi connectivity index (χ1n) is 9.16. The molecule has 1 heterocycles. The summed E-state index contributed by atoms with van der Waals surface area (Å²) in [5, 5.41) is 0. The molecule has 6 nitrogen and oxygen atoms in total. The van der Waals surface area contributed by atoms with Crippen molar-refractivity contribution in [3.63, 3.8) is 0 Å². The van der Waals surface area contributed by atoms with Crippen LogP contribution in [0.25, 0.3) is 0 Å². The normalized spacial score (nSPS) is 13.9. The average Bonchev–Trinajstić information content (AvgIpc) is 2.72. The smallest absolute Gasteiger partial charge is 0.344 e. The van der Waals surface area contributed by atoms with Crippen LogP contribution < -0.4 is 9.64 Å². The number of para-hydroxylation sites is 2. The van der Waals surface area contributed by atoms with Crippen molar-refractivity contribution in [2.45, 2.75) is 6.92 Å². The molecule has 0 aromatic heterocycles. The Morgan fingerprint density at radius 2 is 1.64 bits per heavy atom. The highest BCUT2D eigenvalue weighted by Crippen LogP contribution is 2.20. The van der Waals surface area contributed by atoms with Gasteiger partial charge in [0, 0.05) is 26.2 Å². The molecule has 7 heteroatoms. The van der Waals surface area contributed by atoms with Crippen LogP contribution in [-0.4, -0.2) is 56.2 Å². The number of benzene rings is 2. The Hall–Kier alpha value is -3.09. The molecule has 0 bridgehead atoms. The van der Waals surface area contributed by atoms with Crippen molar-refractivity contribution >= 4 is 17.6 Å². The van der Waals surface area contributed by atoms with Gasteiger partial charge in [-0.05, 0) is 30.7 Å². The third-order valence-corrected chi connectivity index (χ3v) is 4.62. The predicted octanol–water partition coefficient (Wildman–Crippen LogP) is 2.40. The number of amides is 1. The van der Waals surface area contributed by atoms with Crippen LogP contribution >= 0.6 is 0 Å². The molecule has 1 fully saturated rings. The molecule has 0 unspecified atom stereocenters. The van der Waals surface area contributed by atoms with Crippen LogP contribution in [0.4, 0.5) is 10.1 Å². The third-order valence-electron chi connectivity index (χ3n) is 4.62. The quantitative estimate of drug-likeness (QED) is 0.714. The molecule has 148 valence electrons. The van der Waals surface area contributed by atoms with E-state index in [4.69, 9.17) is 9.47 Å². The highest BCUT2D eigenvalue weighted by Gasteiger charge is 2.23. The molecule has 1 amide bonds. The number of anilines is 1. The van der Waals surface area contributed by atoms with Crippen molar-refractivity contribution < 1.29 is 23.5 Å². The Balaban J connectivity index is 1.40. The lowest BCUT2D eigenvalue weighted by atomic mass is 10.2. The third kappa shape index (κ3) is 5.00. The Bertz CT molecular complexity index is 835. The number of aryl methyl sites for hydroxylation is 1. The molecule has 0 aliphatic carbocycles. The van der Waals surface area contributed by atoms with E-state index in [-0.39, 0.29) is 24.9 Å². The van der Waals surface area contributed by atoms with E-state index in [2.05, 4.69) is 0 Å². The molecule has 3 rings (SSSR count). The van der Waals surface area contributed by atoms with Gasteiger partial charge < -0.3 is 19.3 Å². The summed E-state index contributed by atoms with van der Waals surface area (Å²) < 4.78 is 24.3. The fourth-order valence-corrected chi connectivity index (χ4v) is 3.04. The summed E-state index contributed by atoms with van der Waals surface area (Å²) in [6.45, 7) is 3.25. The molecule has 1 saturated heterocycles. The number of carbonyl (C=O) groups excluding carboxylic acids is 2. The highest BCUT2D eigenvalue weighted by atomic mass is 19.1. The van der Waals surface area contributed by atoms with Gasteiger partial charge in [0.25, 0.3) is 5.91 Å². The second-order valence-electron chi connectivity index (χ2n) is 6.53. The van der Waals surface area contributed by atoms with E-state index >= 15 is 0 Å². The van der Waals surface area contributed by atoms with Gasteiger partial charge in [0.05, 0.1) is 5.69 Å². The van der Waals surface area contributed by atoms with Gasteiger partial charge in [-0.1, -0.05) is 30.3 Å². The van der Waals surface area contributed by atoms with E-state index in [1.54, 1.807) is 29.2 Å². The monoisotopic (exact) mass is 386 g/mol. The zero-order valence-corrected chi connectivity index (χ0v) is 15.8. The van der Waals surface area contributed by atoms with Crippen LogP contribution in [0.1, 0.15) is 5.56 Å². The number of hydrogen-bond acceptors (Lipinski definition) is 5. The molecule has 2 aromatic rings. The fraction of sp³-hybridized carbons (Fsp3) is 0.333. The van der Waals surface area contributed by atoms with Crippen LogP contribution in [0.15, 0.2) is 48.5 Å². The first-order valence-corrected chi connectivity index (χ1v) is 9.16. The highest BCUT2D eigenvalue weighted by molar-refractivity contribution is 5.81. The van der Waals surface area contributed by atoms with Gasteiger partial charge in [0.1, 0.15) is 11.6 Å². The maximum Gasteiger partial charge on any atom is 0.344 e. The minimum Gasteiger partial charge on any atom is -0.482 e. The van der Waals surface area contributed by atoms with Crippen molar-refractivity contribution in [2.75, 3.05) is 44.3 Å². The largest absolute Gasteiger partial charge is 0.482 e. The summed E-state index contributed by atoms with van der Waals surface area (Å²) in [5.74, 6) is -0.529. The zero-order chi connectivity index (χ0) is 19.9. The lowest BCUT2D eigenvalue weighted by Crippen LogP contribution is -2.50. The standard InChI is InChI=1S/C21H23FN2O4/c1-16-6-2-5-9-19(16)27-15-21(26)28-14-20(25)24-12-10-23(11-13-24)18-8-4-3-7-17(18)22/h2-9H,10-15H2,1H3. The van der Waals surface area contributed by atoms with Crippen molar-refractivity contribution in [3.05, 3.63) is 59.9 Å². The topological polar surface area (TPSA) is 59.1 Å². The minimum atomic E-state index is -0.596. The first-order chi connectivity index (χ1) is 13.5. The summed E-state index contributed by atoms with van der Waals surface area (Å²) in [6, 6.07) is 13.9. The minimum absolute atomic E-state index is 0.251. The van der Waals surface area contributed by atoms with Crippen molar-refractivity contribution in [3.8, 4) is 5.75 Å². The number of rotatable bonds is 6. The number of halogens is 1. The van der Waals surface area contributed by atoms with Gasteiger partial charge in [-0.3, -0.25) is 4.79 Å². The number of ether oxygens (including phenoxy) is 2. The second-order valence-corrected chi connectivity index (χ2v) is 6.53. The van der Waals surface area contributed by atoms with Gasteiger partial charge in [-0.2, -0.15) is 0 Å². The van der Waals surface area contributed by atoms with Gasteiger partial charge in [0.2, 0.25) is 0 Å². The second kappa shape index (κ2) is 9.21. The van der Waals surface area contributed by atoms with Crippen LogP contribution in [0, 0.1) is 12.7 Å². The summed E-state index contributed by atoms with van der Waals surface area (Å²) in [6.07, 6.45) is 0. The Labute approximate surface area is 163 Å². The zero-order valence-electron chi connectivity index (χ0n) is 15.8. The summed E-state index contributed by atoms with van der Waals surface area (Å²) >= 11 is 0. The van der Waals surface area contributed by atoms with Crippen LogP contribution in [0.3, 0.4) is 0 Å². The molecular weight excluding hydrogens is 363 g/mol. The van der Waals surface area contributed by atoms with E-state index in [0.29, 0.717) is 37.6 Å². The number of esters is 1. The van der Waals surface area contributed by atoms with Gasteiger partial charge in [-0.25, -0.2) is 9.18 Å². The van der Waals surface area contributed by atoms with Crippen molar-refractivity contribution in [2.24, 2.45) is 0 Å². The summed E-state index contributed by atoms with van der Waals surface area (Å²) in [7, 11) is 0. The van der Waals surface area contributed by atoms with Crippen LogP contribution in [0.2, 0.25) is 0 Å². The first kappa shape index (κ1) is 19.7. The maximum absolute atomic E-state index is 13.9. The fourth-order valence-electron chi connectivity index (χ4n) is 3.04. The Kier molecular flexibility index (Phi) is 6.47. The van der Waals surface area contributed by atoms with E-state index in [1.807, 2.05) is 30.0 Å². The summed E-state index contributed by atoms with van der Waals surface area (Å²) in [5.41, 5.74) is 1.45. The molecule has 1 aliphatic rings. The van der Waals surface area contributed by atoms with Crippen molar-refractivity contribution in [1.29, 1.82) is 0 Å². The molecule has 2 aromatic carbocycles. The lowest BCUT2D eigenvalue weighted by molar-refractivity contribution is -0.153. The van der Waals surface area contributed by atoms with E-state index < -0.39 is 5.97 Å². The van der Waals surface area contributed by atoms with Gasteiger partial charge in [-0.15, -0.1) is 0 Å². The SMILES string of the molecule is Cc1ccccc1OCC(=O)OCC(=O)N1CCN(c2ccccc2F)CC1. The number of nitrogens with zero attached hydrogens (tertiary/aromatic N) is 2. The number of hydrogen-bond donors (Lipinski definition) is 0. The van der Waals surface area contributed by atoms with Gasteiger partial charge in [0.15, 0.2) is 13.2 Å². The molecule has 1 aliphatic heterocycles. The van der Waals surface area contributed by atoms with E-state index in [9.17, 15) is 14.0 Å². The molecular formula is C21H23FN2O4. The van der Waals surface area contributed by atoms with E-state index in [0.717, 1.165) is 5.56 Å². The predicted molar refractivity (Wildman–Crippen MR) is 103 cm³/mol. The molecule has 0 spiro atoms. The van der Waals surface area contributed by atoms with Crippen LogP contribution in [-0.2, 0) is 14.3 Å². The molecule has 0 saturated carbocycles. The summed E-state index contributed by atoms with van der Waals surface area (Å²) in [4.78, 5) is 27.6. The molecule has 0 N–H and O–H groups in total. The average molecular weight is 386 g/mol. The molecule has 0 radical (unpaired) electrons. The Morgan fingerprint density at radius 3 is 2.36 bits per heavy atom. The van der Waals surface area contributed by atoms with Crippen LogP contribution in [0.5, 0.6) is 5.75 Å². The number of carbonyl (C=O) groups is 2. The van der Waals surface area contributed by atoms with E-state index in [1.165, 1.54) is 6.07 Å². The maximum atomic E-state index is 13.9. The Morgan fingerprint density at radius 1 is 0.964 bits per heavy atom. The molecule has 28 heavy (non-hydrogen) atoms. The van der Waals surface area contributed by atoms with Gasteiger partial charge >= 0.3 is 5.97 Å². The molecule has 0 atom stereocenters.